The molecule has 30 nitrogen and oxygen atoms in total. The van der Waals surface area contributed by atoms with E-state index in [-0.39, 0.29) is 121 Å². The SMILES string of the molecule is C.C.C.C=CCCC[C@H]1[C@@H]2C[C@@H]2C[C@@H]1OC(=O)C[C@H](C(=O)N1C[C@H](Oc2nc3cc(OC)ccc3nc2C=C)[C@@H](C)[C@H]1C(=O)OC(C)(C)C)C(C)(C)C.COc1ccc2nc3c(nc2c1)O[C@H]1CN(C(=O)[C@H](C(C)(C)C)CC(=O)O[C@@H]2C[C@@H]4C[C@@H]4[C@H]2CCC/C=C/3)[C@H](C(=O)OC(C)(C)C)[C@@H]1C.COc1ccc2nc3c(nc2c1)O[C@H]1CN(C(=O)[C@H](C(C)(C)C)CC(=O)O[C@@H]2C[C@@H]4C[C@@H]4[C@H]2CCCCC3)[C@H](C(=O)O)[C@@H]1C. The number of benzene rings is 3. The third-order valence-electron chi connectivity index (χ3n) is 31.6. The van der Waals surface area contributed by atoms with Gasteiger partial charge in [-0.15, -0.1) is 6.58 Å². The van der Waals surface area contributed by atoms with E-state index in [2.05, 4.69) is 24.2 Å². The minimum Gasteiger partial charge on any atom is -0.497 e. The van der Waals surface area contributed by atoms with Crippen LogP contribution in [0.25, 0.3) is 45.3 Å². The number of carboxylic acid groups (broad SMARTS) is 1. The van der Waals surface area contributed by atoms with Crippen LogP contribution < -0.4 is 28.4 Å². The van der Waals surface area contributed by atoms with Gasteiger partial charge in [-0.05, 0) is 256 Å². The van der Waals surface area contributed by atoms with Gasteiger partial charge in [0.05, 0.1) is 111 Å². The largest absolute Gasteiger partial charge is 0.497 e. The number of nitrogens with zero attached hydrogens (tertiary/aromatic N) is 9. The Morgan fingerprint density at radius 3 is 1.52 bits per heavy atom. The number of aromatic nitrogens is 6. The van der Waals surface area contributed by atoms with Crippen molar-refractivity contribution in [2.45, 2.75) is 341 Å². The maximum atomic E-state index is 14.6. The number of rotatable bonds is 17. The standard InChI is InChI=1S/C40H55N3O7.C38H51N3O7.C34H45N3O7.3CH4/c1-11-13-14-15-26-27-18-24(27)19-32(26)48-34(44)21-28(39(4,5)6)37(45)43-22-33(23(3)35(43)38(46)50-40(7,8)9)49-36-29(12-2)41-30-17-16-25(47-10)20-31(30)42-36;1-21-31-20-41(33(21)36(44)48-38(5,6)7)35(43)26(37(2,3)4)19-32(42)46-30-17-22-16-25(22)24(30)12-10-9-11-13-28-34(47-31)40-29-18-23(45-8)14-15-27(29)39-28;1-18-28-17-37(30(18)33(40)41)32(39)23(34(2,3)4)16-29(38)43-27-14-19-13-22(19)21(27)9-7-6-8-10-25-31(44-28)36-26-15-20(42-5)11-12-24(26)35-25;;;/h11-12,16-17,20,23-24,26-28,32-33,35H,1-2,13-15,18-19,21-22H2,3-10H3;11,13-15,18,21-22,24-26,30-31,33H,9-10,12,16-17,19-20H2,1-8H3;11-12,15,18-19,21-23,27-28,30H,6-10,13-14,16-17H2,1-5H3,(H,40,41);3*1H4/b;13-11+;;;;/t23-,24-,26+,27-,28-,32+,33+,35+;21-,22+,24-,25+,26-,30-,31+,33+;18-,19+,21-,22+,23-,27-,28+,30+;;;/m111.../s1. The number of carbonyl (C=O) groups excluding carboxylic acids is 8. The molecule has 5 aliphatic heterocycles. The first kappa shape index (κ1) is 113. The van der Waals surface area contributed by atoms with Gasteiger partial charge in [-0.3, -0.25) is 28.8 Å². The first-order chi connectivity index (χ1) is 67.1. The highest BCUT2D eigenvalue weighted by Gasteiger charge is 2.60. The molecule has 3 amide bonds. The summed E-state index contributed by atoms with van der Waals surface area (Å²) in [7, 11) is 4.78. The van der Waals surface area contributed by atoms with Crippen LogP contribution in [0.4, 0.5) is 0 Å². The van der Waals surface area contributed by atoms with Gasteiger partial charge < -0.3 is 71.9 Å². The molecule has 9 fully saturated rings. The molecule has 30 heteroatoms. The number of aryl methyl sites for hydroxylation is 1. The molecule has 3 saturated heterocycles. The highest BCUT2D eigenvalue weighted by atomic mass is 16.6. The number of amides is 3. The van der Waals surface area contributed by atoms with Crippen molar-refractivity contribution in [3.8, 4) is 34.9 Å². The highest BCUT2D eigenvalue weighted by molar-refractivity contribution is 5.92. The molecule has 3 aromatic carbocycles. The van der Waals surface area contributed by atoms with Crippen LogP contribution in [0.2, 0.25) is 0 Å². The molecule has 11 aliphatic rings. The van der Waals surface area contributed by atoms with Crippen LogP contribution in [-0.4, -0.2) is 210 Å². The number of unbranched alkanes of at least 4 members (excludes halogenated alkanes) is 1. The Labute approximate surface area is 858 Å². The summed E-state index contributed by atoms with van der Waals surface area (Å²) >= 11 is 0. The molecule has 0 unspecified atom stereocenters. The van der Waals surface area contributed by atoms with Crippen molar-refractivity contribution >= 4 is 98.8 Å². The van der Waals surface area contributed by atoms with E-state index in [9.17, 15) is 48.3 Å². The number of hydrogen-bond acceptors (Lipinski definition) is 26. The zero-order valence-corrected chi connectivity index (χ0v) is 87.2. The van der Waals surface area contributed by atoms with Crippen LogP contribution in [0.3, 0.4) is 0 Å². The second-order valence-corrected chi connectivity index (χ2v) is 47.1. The van der Waals surface area contributed by atoms with E-state index in [4.69, 9.17) is 77.0 Å². The summed E-state index contributed by atoms with van der Waals surface area (Å²) in [5, 5.41) is 10.3. The molecule has 145 heavy (non-hydrogen) atoms. The fourth-order valence-electron chi connectivity index (χ4n) is 23.5. The summed E-state index contributed by atoms with van der Waals surface area (Å²) in [6.45, 7) is 41.8. The van der Waals surface area contributed by atoms with Gasteiger partial charge in [0.15, 0.2) is 0 Å². The van der Waals surface area contributed by atoms with Crippen molar-refractivity contribution in [1.82, 2.24) is 44.6 Å². The van der Waals surface area contributed by atoms with Crippen molar-refractivity contribution in [1.29, 1.82) is 0 Å². The predicted octanol–water partition coefficient (Wildman–Crippen LogP) is 20.5. The van der Waals surface area contributed by atoms with Crippen LogP contribution in [-0.2, 0) is 73.3 Å². The Kier molecular flexibility index (Phi) is 35.5. The molecule has 794 valence electrons. The molecule has 17 rings (SSSR count). The number of methoxy groups -OCH3 is 3. The maximum Gasteiger partial charge on any atom is 0.329 e. The van der Waals surface area contributed by atoms with Gasteiger partial charge in [-0.2, -0.15) is 0 Å². The molecular weight excluding hydrogens is 1840 g/mol. The Morgan fingerprint density at radius 2 is 1.01 bits per heavy atom. The van der Waals surface area contributed by atoms with Gasteiger partial charge in [0.2, 0.25) is 35.4 Å². The minimum atomic E-state index is -1.10. The van der Waals surface area contributed by atoms with E-state index in [1.807, 2.05) is 152 Å². The quantitative estimate of drug-likeness (QED) is 0.0383. The lowest BCUT2D eigenvalue weighted by atomic mass is 9.77. The summed E-state index contributed by atoms with van der Waals surface area (Å²) < 4.78 is 66.0. The fourth-order valence-corrected chi connectivity index (χ4v) is 23.5. The number of esters is 5. The van der Waals surface area contributed by atoms with Crippen LogP contribution in [0.15, 0.2) is 79.9 Å². The average Bonchev–Trinajstić information content (AvgIpc) is 1.58. The molecule has 3 aromatic heterocycles. The van der Waals surface area contributed by atoms with Gasteiger partial charge in [-0.1, -0.05) is 137 Å². The van der Waals surface area contributed by atoms with Crippen molar-refractivity contribution < 1.29 is 100 Å². The molecule has 8 heterocycles. The Hall–Kier alpha value is -11.1. The van der Waals surface area contributed by atoms with Crippen molar-refractivity contribution in [3.63, 3.8) is 0 Å². The molecule has 6 aliphatic carbocycles. The lowest BCUT2D eigenvalue weighted by Gasteiger charge is -2.35. The van der Waals surface area contributed by atoms with Gasteiger partial charge in [0.1, 0.15) is 100 Å². The summed E-state index contributed by atoms with van der Waals surface area (Å²) in [4.78, 5) is 158. The van der Waals surface area contributed by atoms with Gasteiger partial charge >= 0.3 is 35.8 Å². The summed E-state index contributed by atoms with van der Waals surface area (Å²) in [6, 6.07) is 13.5. The van der Waals surface area contributed by atoms with Gasteiger partial charge in [0.25, 0.3) is 0 Å². The number of allylic oxidation sites excluding steroid dienone is 2. The highest BCUT2D eigenvalue weighted by Crippen LogP contribution is 2.61. The lowest BCUT2D eigenvalue weighted by Crippen LogP contribution is -2.50. The molecule has 0 radical (unpaired) electrons. The summed E-state index contributed by atoms with van der Waals surface area (Å²) in [5.74, 6) is -0.0830. The fraction of sp³-hybridized carbons (Fsp3) is 0.661. The van der Waals surface area contributed by atoms with E-state index >= 15 is 0 Å². The van der Waals surface area contributed by atoms with E-state index < -0.39 is 117 Å². The predicted molar refractivity (Wildman–Crippen MR) is 556 cm³/mol. The topological polar surface area (TPSA) is 362 Å². The first-order valence-corrected chi connectivity index (χ1v) is 51.8. The monoisotopic (exact) mass is 2010 g/mol. The lowest BCUT2D eigenvalue weighted by molar-refractivity contribution is -0.167. The second kappa shape index (κ2) is 45.7. The molecule has 4 bridgehead atoms. The Bertz CT molecular complexity index is 5730. The van der Waals surface area contributed by atoms with Crippen molar-refractivity contribution in [3.05, 3.63) is 97.0 Å². The zero-order chi connectivity index (χ0) is 102. The van der Waals surface area contributed by atoms with Crippen LogP contribution in [0.1, 0.15) is 286 Å². The number of carboxylic acids is 1. The van der Waals surface area contributed by atoms with Crippen LogP contribution in [0, 0.1) is 105 Å². The van der Waals surface area contributed by atoms with E-state index in [1.54, 1.807) is 77.0 Å². The molecule has 24 atom stereocenters. The molecule has 6 saturated carbocycles. The number of carbonyl (C=O) groups is 9. The molecule has 1 N–H and O–H groups in total. The number of likely N-dealkylation sites (tertiary alicyclic amines) is 1. The number of fused-ring (bicyclic) bond motifs is 16. The van der Waals surface area contributed by atoms with Crippen molar-refractivity contribution in [2.24, 2.45) is 105 Å². The maximum absolute atomic E-state index is 14.6. The van der Waals surface area contributed by atoms with Gasteiger partial charge in [0, 0.05) is 36.0 Å². The van der Waals surface area contributed by atoms with E-state index in [0.29, 0.717) is 128 Å². The normalized spacial score (nSPS) is 29.7. The van der Waals surface area contributed by atoms with E-state index in [1.165, 1.54) is 24.2 Å². The van der Waals surface area contributed by atoms with E-state index in [0.717, 1.165) is 94.7 Å². The van der Waals surface area contributed by atoms with Crippen LogP contribution >= 0.6 is 0 Å². The molecule has 0 spiro atoms. The molecular formula is C115H163N9O21. The number of aliphatic carboxylic acids is 1. The third kappa shape index (κ3) is 26.2. The first-order valence-electron chi connectivity index (χ1n) is 51.8. The molecule has 6 aromatic rings. The summed E-state index contributed by atoms with van der Waals surface area (Å²) in [6.07, 6.45) is 21.9. The summed E-state index contributed by atoms with van der Waals surface area (Å²) in [5.41, 5.74) is 2.35. The number of hydrogen-bond donors (Lipinski definition) is 1. The number of ether oxygens (including phenoxy) is 11. The smallest absolute Gasteiger partial charge is 0.329 e. The second-order valence-electron chi connectivity index (χ2n) is 47.1. The Morgan fingerprint density at radius 1 is 0.517 bits per heavy atom. The van der Waals surface area contributed by atoms with Crippen LogP contribution in [0.5, 0.6) is 34.9 Å². The Balaban J connectivity index is 0.000000192. The van der Waals surface area contributed by atoms with Crippen molar-refractivity contribution in [2.75, 3.05) is 41.0 Å². The third-order valence-corrected chi connectivity index (χ3v) is 31.6. The average molecular weight is 2010 g/mol. The minimum absolute atomic E-state index is 0. The zero-order valence-electron chi connectivity index (χ0n) is 87.2. The van der Waals surface area contributed by atoms with Gasteiger partial charge in [-0.25, -0.2) is 44.3 Å².